The number of aromatic carboxylic acids is 1. The van der Waals surface area contributed by atoms with Crippen LogP contribution >= 0.6 is 0 Å². The smallest absolute Gasteiger partial charge is 0.418 e. The summed E-state index contributed by atoms with van der Waals surface area (Å²) in [4.78, 5) is 16.2. The zero-order valence-electron chi connectivity index (χ0n) is 8.66. The molecule has 1 aromatic rings. The van der Waals surface area contributed by atoms with E-state index in [1.165, 1.54) is 0 Å². The first-order valence-corrected chi connectivity index (χ1v) is 4.95. The van der Waals surface area contributed by atoms with Crippen molar-refractivity contribution in [2.75, 3.05) is 18.0 Å². The first kappa shape index (κ1) is 11.7. The van der Waals surface area contributed by atoms with Gasteiger partial charge in [0, 0.05) is 19.3 Å². The summed E-state index contributed by atoms with van der Waals surface area (Å²) in [6, 6.07) is 0.977. The van der Waals surface area contributed by atoms with Gasteiger partial charge in [-0.05, 0) is 12.5 Å². The predicted octanol–water partition coefficient (Wildman–Crippen LogP) is 2.01. The molecule has 1 saturated heterocycles. The number of hydrogen-bond acceptors (Lipinski definition) is 3. The van der Waals surface area contributed by atoms with Crippen LogP contribution < -0.4 is 4.90 Å². The van der Waals surface area contributed by atoms with Crippen LogP contribution in [0.25, 0.3) is 0 Å². The molecule has 17 heavy (non-hydrogen) atoms. The van der Waals surface area contributed by atoms with E-state index < -0.39 is 23.3 Å². The number of rotatable bonds is 2. The molecule has 0 saturated carbocycles. The molecule has 1 aliphatic heterocycles. The molecule has 1 aliphatic rings. The molecule has 2 heterocycles. The van der Waals surface area contributed by atoms with Crippen molar-refractivity contribution < 1.29 is 23.1 Å². The van der Waals surface area contributed by atoms with Gasteiger partial charge < -0.3 is 10.0 Å². The van der Waals surface area contributed by atoms with Crippen LogP contribution in [0.4, 0.5) is 19.0 Å². The lowest BCUT2D eigenvalue weighted by atomic mass is 10.1. The van der Waals surface area contributed by atoms with Crippen LogP contribution in [0.2, 0.25) is 0 Å². The fraction of sp³-hybridized carbons (Fsp3) is 0.400. The molecule has 1 aromatic heterocycles. The summed E-state index contributed by atoms with van der Waals surface area (Å²) in [6.07, 6.45) is -3.18. The molecule has 1 fully saturated rings. The summed E-state index contributed by atoms with van der Waals surface area (Å²) >= 11 is 0. The average Bonchev–Trinajstić information content (AvgIpc) is 2.13. The van der Waals surface area contributed by atoms with Gasteiger partial charge in [0.1, 0.15) is 5.82 Å². The fourth-order valence-electron chi connectivity index (χ4n) is 1.57. The van der Waals surface area contributed by atoms with Crippen molar-refractivity contribution in [3.05, 3.63) is 23.4 Å². The predicted molar refractivity (Wildman–Crippen MR) is 53.0 cm³/mol. The Morgan fingerprint density at radius 2 is 2.06 bits per heavy atom. The van der Waals surface area contributed by atoms with Crippen molar-refractivity contribution in [3.8, 4) is 0 Å². The van der Waals surface area contributed by atoms with Gasteiger partial charge in [-0.1, -0.05) is 0 Å². The Morgan fingerprint density at radius 3 is 2.47 bits per heavy atom. The number of halogens is 3. The summed E-state index contributed by atoms with van der Waals surface area (Å²) in [7, 11) is 0. The maximum absolute atomic E-state index is 12.5. The first-order valence-electron chi connectivity index (χ1n) is 4.95. The fourth-order valence-corrected chi connectivity index (χ4v) is 1.57. The number of pyridine rings is 1. The Labute approximate surface area is 94.7 Å². The maximum atomic E-state index is 12.5. The first-order chi connectivity index (χ1) is 7.89. The highest BCUT2D eigenvalue weighted by molar-refractivity contribution is 5.90. The SMILES string of the molecule is O=C(O)c1cc(N2CCC2)ncc1C(F)(F)F. The summed E-state index contributed by atoms with van der Waals surface area (Å²) < 4.78 is 37.6. The van der Waals surface area contributed by atoms with Crippen LogP contribution in [0.3, 0.4) is 0 Å². The van der Waals surface area contributed by atoms with Gasteiger partial charge in [-0.15, -0.1) is 0 Å². The Morgan fingerprint density at radius 1 is 1.41 bits per heavy atom. The van der Waals surface area contributed by atoms with Crippen LogP contribution in [0.5, 0.6) is 0 Å². The lowest BCUT2D eigenvalue weighted by molar-refractivity contribution is -0.138. The minimum atomic E-state index is -4.70. The number of alkyl halides is 3. The molecule has 0 atom stereocenters. The van der Waals surface area contributed by atoms with E-state index in [4.69, 9.17) is 5.11 Å². The second-order valence-electron chi connectivity index (χ2n) is 3.73. The highest BCUT2D eigenvalue weighted by Gasteiger charge is 2.36. The van der Waals surface area contributed by atoms with E-state index in [1.807, 2.05) is 0 Å². The van der Waals surface area contributed by atoms with E-state index in [0.717, 1.165) is 12.5 Å². The van der Waals surface area contributed by atoms with Crippen LogP contribution in [0.1, 0.15) is 22.3 Å². The summed E-state index contributed by atoms with van der Waals surface area (Å²) in [5, 5.41) is 8.78. The topological polar surface area (TPSA) is 53.4 Å². The minimum absolute atomic E-state index is 0.279. The number of nitrogens with zero attached hydrogens (tertiary/aromatic N) is 2. The Kier molecular flexibility index (Phi) is 2.68. The zero-order valence-corrected chi connectivity index (χ0v) is 8.66. The molecule has 1 N–H and O–H groups in total. The third kappa shape index (κ3) is 2.17. The number of carboxylic acids is 1. The van der Waals surface area contributed by atoms with Gasteiger partial charge in [0.05, 0.1) is 11.1 Å². The van der Waals surface area contributed by atoms with Crippen LogP contribution in [0.15, 0.2) is 12.3 Å². The highest BCUT2D eigenvalue weighted by atomic mass is 19.4. The second kappa shape index (κ2) is 3.90. The van der Waals surface area contributed by atoms with Gasteiger partial charge >= 0.3 is 12.1 Å². The monoisotopic (exact) mass is 246 g/mol. The van der Waals surface area contributed by atoms with Gasteiger partial charge in [-0.25, -0.2) is 9.78 Å². The van der Waals surface area contributed by atoms with Crippen LogP contribution in [-0.4, -0.2) is 29.1 Å². The van der Waals surface area contributed by atoms with Crippen molar-refractivity contribution in [1.82, 2.24) is 4.98 Å². The van der Waals surface area contributed by atoms with Crippen molar-refractivity contribution in [2.24, 2.45) is 0 Å². The Balaban J connectivity index is 2.44. The highest BCUT2D eigenvalue weighted by Crippen LogP contribution is 2.33. The maximum Gasteiger partial charge on any atom is 0.418 e. The normalized spacial score (nSPS) is 15.6. The second-order valence-corrected chi connectivity index (χ2v) is 3.73. The molecule has 0 spiro atoms. The van der Waals surface area contributed by atoms with Gasteiger partial charge in [0.15, 0.2) is 0 Å². The van der Waals surface area contributed by atoms with E-state index in [0.29, 0.717) is 19.3 Å². The molecular formula is C10H9F3N2O2. The Bertz CT molecular complexity index is 455. The standard InChI is InChI=1S/C10H9F3N2O2/c11-10(12,13)7-5-14-8(15-2-1-3-15)4-6(7)9(16)17/h4-5H,1-3H2,(H,16,17). The van der Waals surface area contributed by atoms with Gasteiger partial charge in [-0.3, -0.25) is 0 Å². The average molecular weight is 246 g/mol. The lowest BCUT2D eigenvalue weighted by Crippen LogP contribution is -2.37. The molecule has 0 aromatic carbocycles. The largest absolute Gasteiger partial charge is 0.478 e. The van der Waals surface area contributed by atoms with E-state index in [2.05, 4.69) is 4.98 Å². The zero-order chi connectivity index (χ0) is 12.6. The molecule has 7 heteroatoms. The van der Waals surface area contributed by atoms with Gasteiger partial charge in [-0.2, -0.15) is 13.2 Å². The minimum Gasteiger partial charge on any atom is -0.478 e. The Hall–Kier alpha value is -1.79. The van der Waals surface area contributed by atoms with E-state index in [-0.39, 0.29) is 5.82 Å². The summed E-state index contributed by atoms with van der Waals surface area (Å²) in [6.45, 7) is 1.38. The van der Waals surface area contributed by atoms with E-state index in [1.54, 1.807) is 4.90 Å². The van der Waals surface area contributed by atoms with Crippen molar-refractivity contribution in [1.29, 1.82) is 0 Å². The third-order valence-electron chi connectivity index (χ3n) is 2.61. The van der Waals surface area contributed by atoms with Crippen molar-refractivity contribution in [3.63, 3.8) is 0 Å². The third-order valence-corrected chi connectivity index (χ3v) is 2.61. The van der Waals surface area contributed by atoms with Gasteiger partial charge in [0.2, 0.25) is 0 Å². The number of hydrogen-bond donors (Lipinski definition) is 1. The quantitative estimate of drug-likeness (QED) is 0.867. The van der Waals surface area contributed by atoms with Crippen molar-refractivity contribution in [2.45, 2.75) is 12.6 Å². The number of aromatic nitrogens is 1. The van der Waals surface area contributed by atoms with E-state index in [9.17, 15) is 18.0 Å². The van der Waals surface area contributed by atoms with Gasteiger partial charge in [0.25, 0.3) is 0 Å². The molecule has 2 rings (SSSR count). The van der Waals surface area contributed by atoms with Crippen molar-refractivity contribution >= 4 is 11.8 Å². The molecular weight excluding hydrogens is 237 g/mol. The van der Waals surface area contributed by atoms with E-state index >= 15 is 0 Å². The molecule has 0 bridgehead atoms. The number of carbonyl (C=O) groups is 1. The number of carboxylic acid groups (broad SMARTS) is 1. The summed E-state index contributed by atoms with van der Waals surface area (Å²) in [5.74, 6) is -1.32. The lowest BCUT2D eigenvalue weighted by Gasteiger charge is -2.32. The summed E-state index contributed by atoms with van der Waals surface area (Å²) in [5.41, 5.74) is -1.97. The molecule has 92 valence electrons. The number of anilines is 1. The molecule has 0 radical (unpaired) electrons. The molecule has 0 amide bonds. The molecule has 0 aliphatic carbocycles. The van der Waals surface area contributed by atoms with Crippen LogP contribution in [0, 0.1) is 0 Å². The molecule has 4 nitrogen and oxygen atoms in total. The molecule has 0 unspecified atom stereocenters. The van der Waals surface area contributed by atoms with Crippen LogP contribution in [-0.2, 0) is 6.18 Å².